The van der Waals surface area contributed by atoms with E-state index in [-0.39, 0.29) is 0 Å². The number of nitrogens with zero attached hydrogens (tertiary/aromatic N) is 2. The fraction of sp³-hybridized carbons (Fsp3) is 0.636. The molecule has 0 atom stereocenters. The Morgan fingerprint density at radius 3 is 2.50 bits per heavy atom. The smallest absolute Gasteiger partial charge is 0.134 e. The van der Waals surface area contributed by atoms with E-state index in [2.05, 4.69) is 33.8 Å². The van der Waals surface area contributed by atoms with Gasteiger partial charge in [0.05, 0.1) is 0 Å². The summed E-state index contributed by atoms with van der Waals surface area (Å²) < 4.78 is 0. The first-order valence-electron chi connectivity index (χ1n) is 5.51. The summed E-state index contributed by atoms with van der Waals surface area (Å²) >= 11 is 1.83. The maximum Gasteiger partial charge on any atom is 0.134 e. The van der Waals surface area contributed by atoms with Crippen molar-refractivity contribution in [3.8, 4) is 0 Å². The number of rotatable bonds is 6. The molecule has 0 saturated heterocycles. The molecule has 1 aromatic rings. The summed E-state index contributed by atoms with van der Waals surface area (Å²) in [6.07, 6.45) is 2.96. The average molecular weight is 240 g/mol. The minimum absolute atomic E-state index is 0.853. The second kappa shape index (κ2) is 6.58. The third kappa shape index (κ3) is 3.27. The Kier molecular flexibility index (Phi) is 5.38. The molecule has 0 fully saturated rings. The first-order chi connectivity index (χ1) is 7.72. The van der Waals surface area contributed by atoms with E-state index in [1.54, 1.807) is 0 Å². The summed E-state index contributed by atoms with van der Waals surface area (Å²) in [5.74, 6) is 3.82. The van der Waals surface area contributed by atoms with Crippen molar-refractivity contribution < 1.29 is 0 Å². The summed E-state index contributed by atoms with van der Waals surface area (Å²) in [6.45, 7) is 5.04. The zero-order chi connectivity index (χ0) is 12.0. The first kappa shape index (κ1) is 13.1. The van der Waals surface area contributed by atoms with Gasteiger partial charge in [0.15, 0.2) is 0 Å². The van der Waals surface area contributed by atoms with Gasteiger partial charge < -0.3 is 10.6 Å². The number of anilines is 2. The van der Waals surface area contributed by atoms with Gasteiger partial charge in [-0.2, -0.15) is 11.8 Å². The second-order valence-corrected chi connectivity index (χ2v) is 4.47. The molecular formula is C11H20N4S. The molecule has 2 N–H and O–H groups in total. The van der Waals surface area contributed by atoms with Gasteiger partial charge in [-0.3, -0.25) is 0 Å². The molecule has 0 saturated carbocycles. The van der Waals surface area contributed by atoms with Crippen molar-refractivity contribution in [3.05, 3.63) is 11.4 Å². The minimum Gasteiger partial charge on any atom is -0.373 e. The van der Waals surface area contributed by atoms with Crippen LogP contribution in [-0.2, 0) is 6.42 Å². The van der Waals surface area contributed by atoms with Crippen molar-refractivity contribution in [1.29, 1.82) is 0 Å². The van der Waals surface area contributed by atoms with Crippen molar-refractivity contribution in [1.82, 2.24) is 9.97 Å². The molecule has 1 rings (SSSR count). The number of aryl methyl sites for hydroxylation is 1. The van der Waals surface area contributed by atoms with E-state index in [1.165, 1.54) is 0 Å². The lowest BCUT2D eigenvalue weighted by atomic mass is 10.3. The Labute approximate surface area is 102 Å². The lowest BCUT2D eigenvalue weighted by Crippen LogP contribution is -2.11. The lowest BCUT2D eigenvalue weighted by molar-refractivity contribution is 0.928. The number of hydrogen-bond donors (Lipinski definition) is 2. The van der Waals surface area contributed by atoms with Crippen molar-refractivity contribution >= 4 is 23.4 Å². The van der Waals surface area contributed by atoms with E-state index in [9.17, 15) is 0 Å². The third-order valence-electron chi connectivity index (χ3n) is 2.34. The van der Waals surface area contributed by atoms with Gasteiger partial charge in [0.2, 0.25) is 0 Å². The highest BCUT2D eigenvalue weighted by Crippen LogP contribution is 2.19. The number of aromatic nitrogens is 2. The maximum absolute atomic E-state index is 4.50. The van der Waals surface area contributed by atoms with Crippen molar-refractivity contribution in [2.24, 2.45) is 0 Å². The van der Waals surface area contributed by atoms with Crippen LogP contribution in [0.15, 0.2) is 0 Å². The molecule has 0 radical (unpaired) electrons. The Bertz CT molecular complexity index is 341. The first-order valence-corrected chi connectivity index (χ1v) is 6.90. The van der Waals surface area contributed by atoms with Gasteiger partial charge in [-0.25, -0.2) is 9.97 Å². The molecule has 0 aliphatic carbocycles. The van der Waals surface area contributed by atoms with Crippen LogP contribution in [-0.4, -0.2) is 35.6 Å². The monoisotopic (exact) mass is 240 g/mol. The van der Waals surface area contributed by atoms with Gasteiger partial charge >= 0.3 is 0 Å². The van der Waals surface area contributed by atoms with E-state index in [1.807, 2.05) is 25.7 Å². The molecule has 16 heavy (non-hydrogen) atoms. The topological polar surface area (TPSA) is 49.8 Å². The van der Waals surface area contributed by atoms with Crippen LogP contribution >= 0.6 is 11.8 Å². The normalized spacial score (nSPS) is 10.2. The van der Waals surface area contributed by atoms with Crippen LogP contribution in [0.1, 0.15) is 18.3 Å². The molecule has 4 nitrogen and oxygen atoms in total. The largest absolute Gasteiger partial charge is 0.373 e. The molecule has 0 aromatic carbocycles. The maximum atomic E-state index is 4.50. The van der Waals surface area contributed by atoms with Gasteiger partial charge in [-0.15, -0.1) is 0 Å². The van der Waals surface area contributed by atoms with Crippen molar-refractivity contribution in [2.45, 2.75) is 20.3 Å². The van der Waals surface area contributed by atoms with Crippen LogP contribution in [0.4, 0.5) is 11.6 Å². The number of nitrogens with one attached hydrogen (secondary N) is 2. The summed E-state index contributed by atoms with van der Waals surface area (Å²) in [7, 11) is 1.89. The molecular weight excluding hydrogens is 220 g/mol. The fourth-order valence-corrected chi connectivity index (χ4v) is 1.71. The van der Waals surface area contributed by atoms with Gasteiger partial charge in [0.25, 0.3) is 0 Å². The molecule has 90 valence electrons. The van der Waals surface area contributed by atoms with Crippen LogP contribution in [0.25, 0.3) is 0 Å². The van der Waals surface area contributed by atoms with E-state index < -0.39 is 0 Å². The van der Waals surface area contributed by atoms with Crippen LogP contribution in [0, 0.1) is 6.92 Å². The summed E-state index contributed by atoms with van der Waals surface area (Å²) in [4.78, 5) is 8.93. The van der Waals surface area contributed by atoms with E-state index in [0.717, 1.165) is 41.7 Å². The highest BCUT2D eigenvalue weighted by molar-refractivity contribution is 7.98. The highest BCUT2D eigenvalue weighted by atomic mass is 32.2. The van der Waals surface area contributed by atoms with Crippen LogP contribution in [0.3, 0.4) is 0 Å². The van der Waals surface area contributed by atoms with E-state index >= 15 is 0 Å². The van der Waals surface area contributed by atoms with Crippen molar-refractivity contribution in [2.75, 3.05) is 36.2 Å². The molecule has 1 aromatic heterocycles. The Balaban J connectivity index is 2.88. The predicted octanol–water partition coefficient (Wildman–Crippen LogP) is 2.16. The molecule has 0 bridgehead atoms. The third-order valence-corrected chi connectivity index (χ3v) is 2.96. The summed E-state index contributed by atoms with van der Waals surface area (Å²) in [5.41, 5.74) is 1.08. The lowest BCUT2D eigenvalue weighted by Gasteiger charge is -2.12. The van der Waals surface area contributed by atoms with Gasteiger partial charge in [0, 0.05) is 31.3 Å². The SMILES string of the molecule is CCc1nc(NC)c(C)c(NCCSC)n1. The summed E-state index contributed by atoms with van der Waals surface area (Å²) in [6, 6.07) is 0. The van der Waals surface area contributed by atoms with Crippen molar-refractivity contribution in [3.63, 3.8) is 0 Å². The molecule has 5 heteroatoms. The minimum atomic E-state index is 0.853. The van der Waals surface area contributed by atoms with Crippen LogP contribution in [0.5, 0.6) is 0 Å². The zero-order valence-electron chi connectivity index (χ0n) is 10.4. The molecule has 0 unspecified atom stereocenters. The van der Waals surface area contributed by atoms with Gasteiger partial charge in [-0.05, 0) is 13.2 Å². The standard InChI is InChI=1S/C11H20N4S/c1-5-9-14-10(12-3)8(2)11(15-9)13-6-7-16-4/h5-7H2,1-4H3,(H2,12,13,14,15). The van der Waals surface area contributed by atoms with Gasteiger partial charge in [0.1, 0.15) is 17.5 Å². The molecule has 0 aliphatic rings. The highest BCUT2D eigenvalue weighted by Gasteiger charge is 2.08. The Hall–Kier alpha value is -0.970. The zero-order valence-corrected chi connectivity index (χ0v) is 11.2. The summed E-state index contributed by atoms with van der Waals surface area (Å²) in [5, 5.41) is 6.46. The van der Waals surface area contributed by atoms with E-state index in [4.69, 9.17) is 0 Å². The Morgan fingerprint density at radius 1 is 1.25 bits per heavy atom. The number of thioether (sulfide) groups is 1. The predicted molar refractivity (Wildman–Crippen MR) is 72.6 cm³/mol. The molecule has 0 amide bonds. The quantitative estimate of drug-likeness (QED) is 0.746. The van der Waals surface area contributed by atoms with Crippen LogP contribution < -0.4 is 10.6 Å². The fourth-order valence-electron chi connectivity index (χ4n) is 1.41. The van der Waals surface area contributed by atoms with Gasteiger partial charge in [-0.1, -0.05) is 6.92 Å². The number of hydrogen-bond acceptors (Lipinski definition) is 5. The average Bonchev–Trinajstić information content (AvgIpc) is 2.31. The second-order valence-electron chi connectivity index (χ2n) is 3.49. The molecule has 0 spiro atoms. The Morgan fingerprint density at radius 2 is 1.94 bits per heavy atom. The van der Waals surface area contributed by atoms with E-state index in [0.29, 0.717) is 0 Å². The van der Waals surface area contributed by atoms with Crippen LogP contribution in [0.2, 0.25) is 0 Å². The molecule has 1 heterocycles. The molecule has 0 aliphatic heterocycles.